The monoisotopic (exact) mass is 321 g/mol. The van der Waals surface area contributed by atoms with Crippen LogP contribution in [0.4, 0.5) is 10.2 Å². The number of fused-ring (bicyclic) bond motifs is 2. The average Bonchev–Trinajstić information content (AvgIpc) is 2.90. The van der Waals surface area contributed by atoms with Crippen molar-refractivity contribution in [3.63, 3.8) is 0 Å². The second-order valence-corrected chi connectivity index (χ2v) is 5.79. The standard InChI is InChI=1S/C18H16FN5/c1-23(10-17-22-15-5-3-4-6-16(15)24(17)2)18-13-9-12(19)7-8-14(13)20-11-21-18/h3-9,11H,10H2,1-2H3. The fraction of sp³-hybridized carbons (Fsp3) is 0.167. The number of anilines is 1. The zero-order valence-corrected chi connectivity index (χ0v) is 13.4. The van der Waals surface area contributed by atoms with Crippen molar-refractivity contribution in [2.75, 3.05) is 11.9 Å². The van der Waals surface area contributed by atoms with Gasteiger partial charge in [0.2, 0.25) is 0 Å². The van der Waals surface area contributed by atoms with E-state index in [-0.39, 0.29) is 5.82 Å². The summed E-state index contributed by atoms with van der Waals surface area (Å²) in [4.78, 5) is 15.2. The predicted octanol–water partition coefficient (Wildman–Crippen LogP) is 3.29. The molecule has 0 aliphatic carbocycles. The molecular formula is C18H16FN5. The number of imidazole rings is 1. The summed E-state index contributed by atoms with van der Waals surface area (Å²) >= 11 is 0. The van der Waals surface area contributed by atoms with Crippen molar-refractivity contribution in [3.8, 4) is 0 Å². The first-order chi connectivity index (χ1) is 11.6. The van der Waals surface area contributed by atoms with E-state index in [0.29, 0.717) is 17.7 Å². The lowest BCUT2D eigenvalue weighted by Crippen LogP contribution is -2.20. The molecule has 0 saturated carbocycles. The summed E-state index contributed by atoms with van der Waals surface area (Å²) in [5, 5.41) is 0.693. The highest BCUT2D eigenvalue weighted by atomic mass is 19.1. The van der Waals surface area contributed by atoms with Gasteiger partial charge in [0.25, 0.3) is 0 Å². The van der Waals surface area contributed by atoms with Gasteiger partial charge in [0.15, 0.2) is 0 Å². The molecule has 120 valence electrons. The van der Waals surface area contributed by atoms with E-state index in [9.17, 15) is 4.39 Å². The highest BCUT2D eigenvalue weighted by Gasteiger charge is 2.14. The topological polar surface area (TPSA) is 46.8 Å². The summed E-state index contributed by atoms with van der Waals surface area (Å²) in [5.41, 5.74) is 2.76. The smallest absolute Gasteiger partial charge is 0.140 e. The molecule has 0 aliphatic heterocycles. The zero-order chi connectivity index (χ0) is 16.7. The maximum Gasteiger partial charge on any atom is 0.140 e. The van der Waals surface area contributed by atoms with Crippen LogP contribution in [0.25, 0.3) is 21.9 Å². The molecule has 0 bridgehead atoms. The van der Waals surface area contributed by atoms with Crippen molar-refractivity contribution >= 4 is 27.8 Å². The lowest BCUT2D eigenvalue weighted by Gasteiger charge is -2.19. The lowest BCUT2D eigenvalue weighted by molar-refractivity contribution is 0.629. The summed E-state index contributed by atoms with van der Waals surface area (Å²) < 4.78 is 15.7. The van der Waals surface area contributed by atoms with Crippen LogP contribution >= 0.6 is 0 Å². The molecule has 0 atom stereocenters. The molecule has 0 radical (unpaired) electrons. The zero-order valence-electron chi connectivity index (χ0n) is 13.4. The third-order valence-electron chi connectivity index (χ3n) is 4.20. The maximum atomic E-state index is 13.6. The molecule has 4 rings (SSSR count). The van der Waals surface area contributed by atoms with Crippen LogP contribution in [-0.2, 0) is 13.6 Å². The van der Waals surface area contributed by atoms with Gasteiger partial charge in [0.05, 0.1) is 23.1 Å². The van der Waals surface area contributed by atoms with Gasteiger partial charge in [-0.2, -0.15) is 0 Å². The Morgan fingerprint density at radius 3 is 2.75 bits per heavy atom. The Morgan fingerprint density at radius 2 is 1.92 bits per heavy atom. The van der Waals surface area contributed by atoms with Gasteiger partial charge in [-0.25, -0.2) is 19.3 Å². The van der Waals surface area contributed by atoms with Crippen molar-refractivity contribution in [2.24, 2.45) is 7.05 Å². The summed E-state index contributed by atoms with van der Waals surface area (Å²) in [6.07, 6.45) is 1.50. The molecule has 5 nitrogen and oxygen atoms in total. The Bertz CT molecular complexity index is 1040. The van der Waals surface area contributed by atoms with Gasteiger partial charge >= 0.3 is 0 Å². The second kappa shape index (κ2) is 5.56. The van der Waals surface area contributed by atoms with Crippen LogP contribution < -0.4 is 4.90 Å². The minimum atomic E-state index is -0.297. The summed E-state index contributed by atoms with van der Waals surface area (Å²) in [7, 11) is 3.92. The number of para-hydroxylation sites is 2. The number of aromatic nitrogens is 4. The third kappa shape index (κ3) is 2.36. The van der Waals surface area contributed by atoms with E-state index in [1.165, 1.54) is 18.5 Å². The Labute approximate surface area is 138 Å². The Balaban J connectivity index is 1.75. The van der Waals surface area contributed by atoms with Crippen LogP contribution in [0.2, 0.25) is 0 Å². The van der Waals surface area contributed by atoms with E-state index in [1.54, 1.807) is 6.07 Å². The predicted molar refractivity (Wildman–Crippen MR) is 92.3 cm³/mol. The molecule has 6 heteroatoms. The number of halogens is 1. The van der Waals surface area contributed by atoms with E-state index >= 15 is 0 Å². The molecule has 0 spiro atoms. The number of nitrogens with zero attached hydrogens (tertiary/aromatic N) is 5. The quantitative estimate of drug-likeness (QED) is 0.581. The molecule has 4 aromatic rings. The highest BCUT2D eigenvalue weighted by molar-refractivity contribution is 5.89. The first kappa shape index (κ1) is 14.6. The lowest BCUT2D eigenvalue weighted by atomic mass is 10.2. The van der Waals surface area contributed by atoms with Crippen molar-refractivity contribution in [1.82, 2.24) is 19.5 Å². The van der Waals surface area contributed by atoms with Gasteiger partial charge in [-0.1, -0.05) is 12.1 Å². The van der Waals surface area contributed by atoms with Gasteiger partial charge < -0.3 is 9.47 Å². The van der Waals surface area contributed by atoms with Crippen LogP contribution in [0.1, 0.15) is 5.82 Å². The van der Waals surface area contributed by atoms with Gasteiger partial charge in [-0.15, -0.1) is 0 Å². The fourth-order valence-electron chi connectivity index (χ4n) is 2.94. The first-order valence-electron chi connectivity index (χ1n) is 7.65. The Morgan fingerprint density at radius 1 is 1.08 bits per heavy atom. The number of aryl methyl sites for hydroxylation is 1. The molecule has 0 amide bonds. The summed E-state index contributed by atoms with van der Waals surface area (Å²) in [6.45, 7) is 0.563. The average molecular weight is 321 g/mol. The number of hydrogen-bond donors (Lipinski definition) is 0. The van der Waals surface area contributed by atoms with Crippen LogP contribution in [-0.4, -0.2) is 26.6 Å². The van der Waals surface area contributed by atoms with E-state index in [1.807, 2.05) is 43.3 Å². The molecule has 2 heterocycles. The molecule has 0 fully saturated rings. The maximum absolute atomic E-state index is 13.6. The molecule has 24 heavy (non-hydrogen) atoms. The van der Waals surface area contributed by atoms with Gasteiger partial charge in [-0.05, 0) is 30.3 Å². The largest absolute Gasteiger partial charge is 0.352 e. The first-order valence-corrected chi connectivity index (χ1v) is 7.65. The van der Waals surface area contributed by atoms with Crippen LogP contribution in [0, 0.1) is 5.82 Å². The molecule has 2 aromatic carbocycles. The third-order valence-corrected chi connectivity index (χ3v) is 4.20. The molecule has 0 saturated heterocycles. The molecule has 0 aliphatic rings. The Kier molecular flexibility index (Phi) is 3.37. The van der Waals surface area contributed by atoms with Crippen molar-refractivity contribution in [3.05, 3.63) is 60.4 Å². The minimum Gasteiger partial charge on any atom is -0.352 e. The summed E-state index contributed by atoms with van der Waals surface area (Å²) in [6, 6.07) is 12.6. The molecule has 2 aromatic heterocycles. The van der Waals surface area contributed by atoms with Crippen molar-refractivity contribution in [1.29, 1.82) is 0 Å². The number of rotatable bonds is 3. The van der Waals surface area contributed by atoms with Crippen molar-refractivity contribution < 1.29 is 4.39 Å². The van der Waals surface area contributed by atoms with Crippen molar-refractivity contribution in [2.45, 2.75) is 6.54 Å². The highest BCUT2D eigenvalue weighted by Crippen LogP contribution is 2.24. The normalized spacial score (nSPS) is 11.3. The van der Waals surface area contributed by atoms with E-state index in [0.717, 1.165) is 22.4 Å². The van der Waals surface area contributed by atoms with E-state index in [4.69, 9.17) is 0 Å². The molecule has 0 unspecified atom stereocenters. The van der Waals surface area contributed by atoms with Gasteiger partial charge in [0, 0.05) is 19.5 Å². The number of hydrogen-bond acceptors (Lipinski definition) is 4. The van der Waals surface area contributed by atoms with Crippen LogP contribution in [0.15, 0.2) is 48.8 Å². The van der Waals surface area contributed by atoms with Gasteiger partial charge in [0.1, 0.15) is 23.8 Å². The van der Waals surface area contributed by atoms with Gasteiger partial charge in [-0.3, -0.25) is 0 Å². The SMILES string of the molecule is CN(Cc1nc2ccccc2n1C)c1ncnc2ccc(F)cc12. The van der Waals surface area contributed by atoms with Crippen LogP contribution in [0.5, 0.6) is 0 Å². The Hall–Kier alpha value is -3.02. The fourth-order valence-corrected chi connectivity index (χ4v) is 2.94. The molecular weight excluding hydrogens is 305 g/mol. The van der Waals surface area contributed by atoms with E-state index < -0.39 is 0 Å². The number of benzene rings is 2. The minimum absolute atomic E-state index is 0.297. The molecule has 0 N–H and O–H groups in total. The van der Waals surface area contributed by atoms with Crippen LogP contribution in [0.3, 0.4) is 0 Å². The van der Waals surface area contributed by atoms with E-state index in [2.05, 4.69) is 19.5 Å². The summed E-state index contributed by atoms with van der Waals surface area (Å²) in [5.74, 6) is 1.31. The second-order valence-electron chi connectivity index (χ2n) is 5.79.